The maximum absolute atomic E-state index is 12.2. The Bertz CT molecular complexity index is 379. The van der Waals surface area contributed by atoms with Gasteiger partial charge in [-0.15, -0.1) is 0 Å². The number of amides is 1. The maximum atomic E-state index is 12.2. The quantitative estimate of drug-likeness (QED) is 0.870. The third-order valence-corrected chi connectivity index (χ3v) is 3.33. The predicted octanol–water partition coefficient (Wildman–Crippen LogP) is 1.80. The lowest BCUT2D eigenvalue weighted by molar-refractivity contribution is 0.0672. The molecule has 0 spiro atoms. The van der Waals surface area contributed by atoms with Gasteiger partial charge < -0.3 is 14.6 Å². The smallest absolute Gasteiger partial charge is 0.289 e. The second-order valence-electron chi connectivity index (χ2n) is 4.56. The number of nitrogens with one attached hydrogen (secondary N) is 1. The summed E-state index contributed by atoms with van der Waals surface area (Å²) in [5.41, 5.74) is 0.920. The number of piperidine rings is 1. The van der Waals surface area contributed by atoms with E-state index in [4.69, 9.17) is 4.42 Å². The first-order valence-corrected chi connectivity index (χ1v) is 6.29. The summed E-state index contributed by atoms with van der Waals surface area (Å²) < 4.78 is 5.25. The van der Waals surface area contributed by atoms with E-state index in [1.165, 1.54) is 0 Å². The molecule has 0 atom stereocenters. The summed E-state index contributed by atoms with van der Waals surface area (Å²) in [5, 5.41) is 3.43. The van der Waals surface area contributed by atoms with E-state index in [2.05, 4.69) is 12.2 Å². The highest BCUT2D eigenvalue weighted by Gasteiger charge is 2.25. The van der Waals surface area contributed by atoms with Crippen molar-refractivity contribution in [2.75, 3.05) is 19.6 Å². The zero-order valence-electron chi connectivity index (χ0n) is 10.5. The summed E-state index contributed by atoms with van der Waals surface area (Å²) in [4.78, 5) is 14.0. The lowest BCUT2D eigenvalue weighted by Gasteiger charge is -2.31. The molecule has 1 saturated heterocycles. The van der Waals surface area contributed by atoms with Crippen molar-refractivity contribution >= 4 is 5.91 Å². The van der Waals surface area contributed by atoms with Gasteiger partial charge in [-0.05, 0) is 32.4 Å². The topological polar surface area (TPSA) is 45.5 Å². The number of nitrogens with zero attached hydrogens (tertiary/aromatic N) is 1. The summed E-state index contributed by atoms with van der Waals surface area (Å²) in [6.07, 6.45) is 3.63. The Kier molecular flexibility index (Phi) is 3.84. The standard InChI is InChI=1S/C13H20N2O2/c1-3-14-11-4-7-15(8-5-11)13(16)12-10(2)6-9-17-12/h6,9,11,14H,3-5,7-8H2,1-2H3. The monoisotopic (exact) mass is 236 g/mol. The first-order valence-electron chi connectivity index (χ1n) is 6.29. The number of carbonyl (C=O) groups excluding carboxylic acids is 1. The van der Waals surface area contributed by atoms with E-state index in [0.717, 1.165) is 38.0 Å². The molecule has 4 nitrogen and oxygen atoms in total. The predicted molar refractivity (Wildman–Crippen MR) is 66.0 cm³/mol. The van der Waals surface area contributed by atoms with Crippen molar-refractivity contribution in [3.05, 3.63) is 23.7 Å². The van der Waals surface area contributed by atoms with Crippen LogP contribution in [-0.4, -0.2) is 36.5 Å². The summed E-state index contributed by atoms with van der Waals surface area (Å²) in [6.45, 7) is 6.65. The fraction of sp³-hybridized carbons (Fsp3) is 0.615. The first kappa shape index (κ1) is 12.2. The molecule has 1 N–H and O–H groups in total. The molecule has 1 aliphatic rings. The maximum Gasteiger partial charge on any atom is 0.289 e. The van der Waals surface area contributed by atoms with Gasteiger partial charge in [-0.3, -0.25) is 4.79 Å². The largest absolute Gasteiger partial charge is 0.459 e. The summed E-state index contributed by atoms with van der Waals surface area (Å²) in [5.74, 6) is 0.523. The normalized spacial score (nSPS) is 17.4. The second kappa shape index (κ2) is 5.36. The Morgan fingerprint density at radius 2 is 2.24 bits per heavy atom. The average molecular weight is 236 g/mol. The van der Waals surface area contributed by atoms with E-state index in [1.54, 1.807) is 6.26 Å². The van der Waals surface area contributed by atoms with Crippen molar-refractivity contribution in [3.8, 4) is 0 Å². The van der Waals surface area contributed by atoms with Crippen molar-refractivity contribution in [3.63, 3.8) is 0 Å². The zero-order valence-corrected chi connectivity index (χ0v) is 10.5. The Morgan fingerprint density at radius 1 is 1.53 bits per heavy atom. The number of aryl methyl sites for hydroxylation is 1. The van der Waals surface area contributed by atoms with E-state index in [1.807, 2.05) is 17.9 Å². The van der Waals surface area contributed by atoms with Crippen LogP contribution in [0.25, 0.3) is 0 Å². The van der Waals surface area contributed by atoms with Crippen LogP contribution in [0.15, 0.2) is 16.7 Å². The first-order chi connectivity index (χ1) is 8.22. The van der Waals surface area contributed by atoms with Crippen LogP contribution in [0, 0.1) is 6.92 Å². The van der Waals surface area contributed by atoms with Gasteiger partial charge in [0.1, 0.15) is 0 Å². The van der Waals surface area contributed by atoms with E-state index in [0.29, 0.717) is 11.8 Å². The van der Waals surface area contributed by atoms with Crippen molar-refractivity contribution in [1.82, 2.24) is 10.2 Å². The molecule has 1 fully saturated rings. The van der Waals surface area contributed by atoms with Gasteiger partial charge in [0.2, 0.25) is 0 Å². The zero-order chi connectivity index (χ0) is 12.3. The van der Waals surface area contributed by atoms with E-state index >= 15 is 0 Å². The molecule has 1 amide bonds. The van der Waals surface area contributed by atoms with Gasteiger partial charge in [-0.1, -0.05) is 6.92 Å². The SMILES string of the molecule is CCNC1CCN(C(=O)c2occc2C)CC1. The van der Waals surface area contributed by atoms with Crippen LogP contribution in [0.3, 0.4) is 0 Å². The highest BCUT2D eigenvalue weighted by molar-refractivity contribution is 5.92. The molecule has 1 aromatic rings. The number of hydrogen-bond donors (Lipinski definition) is 1. The van der Waals surface area contributed by atoms with Crippen LogP contribution in [0.5, 0.6) is 0 Å². The highest BCUT2D eigenvalue weighted by atomic mass is 16.3. The van der Waals surface area contributed by atoms with Crippen LogP contribution in [0.2, 0.25) is 0 Å². The summed E-state index contributed by atoms with van der Waals surface area (Å²) in [7, 11) is 0. The minimum atomic E-state index is 0.0300. The molecule has 0 bridgehead atoms. The number of rotatable bonds is 3. The van der Waals surface area contributed by atoms with Gasteiger partial charge >= 0.3 is 0 Å². The Hall–Kier alpha value is -1.29. The molecular weight excluding hydrogens is 216 g/mol. The fourth-order valence-corrected chi connectivity index (χ4v) is 2.31. The molecule has 0 aromatic carbocycles. The molecule has 4 heteroatoms. The van der Waals surface area contributed by atoms with Crippen LogP contribution >= 0.6 is 0 Å². The minimum Gasteiger partial charge on any atom is -0.459 e. The summed E-state index contributed by atoms with van der Waals surface area (Å²) >= 11 is 0. The average Bonchev–Trinajstić information content (AvgIpc) is 2.76. The molecule has 0 radical (unpaired) electrons. The van der Waals surface area contributed by atoms with Gasteiger partial charge in [-0.2, -0.15) is 0 Å². The molecule has 0 unspecified atom stereocenters. The molecule has 1 aliphatic heterocycles. The number of carbonyl (C=O) groups is 1. The van der Waals surface area contributed by atoms with Crippen molar-refractivity contribution < 1.29 is 9.21 Å². The molecular formula is C13H20N2O2. The molecule has 0 aliphatic carbocycles. The summed E-state index contributed by atoms with van der Waals surface area (Å²) in [6, 6.07) is 2.39. The Morgan fingerprint density at radius 3 is 2.76 bits per heavy atom. The van der Waals surface area contributed by atoms with Gasteiger partial charge in [0.25, 0.3) is 5.91 Å². The van der Waals surface area contributed by atoms with Gasteiger partial charge in [0, 0.05) is 24.7 Å². The second-order valence-corrected chi connectivity index (χ2v) is 4.56. The lowest BCUT2D eigenvalue weighted by atomic mass is 10.0. The van der Waals surface area contributed by atoms with Gasteiger partial charge in [0.05, 0.1) is 6.26 Å². The number of likely N-dealkylation sites (tertiary alicyclic amines) is 1. The number of hydrogen-bond acceptors (Lipinski definition) is 3. The van der Waals surface area contributed by atoms with Gasteiger partial charge in [-0.25, -0.2) is 0 Å². The third-order valence-electron chi connectivity index (χ3n) is 3.33. The van der Waals surface area contributed by atoms with E-state index < -0.39 is 0 Å². The van der Waals surface area contributed by atoms with Crippen LogP contribution < -0.4 is 5.32 Å². The molecule has 17 heavy (non-hydrogen) atoms. The van der Waals surface area contributed by atoms with Crippen molar-refractivity contribution in [2.24, 2.45) is 0 Å². The minimum absolute atomic E-state index is 0.0300. The molecule has 2 heterocycles. The molecule has 0 saturated carbocycles. The van der Waals surface area contributed by atoms with Crippen LogP contribution in [0.4, 0.5) is 0 Å². The van der Waals surface area contributed by atoms with Crippen molar-refractivity contribution in [2.45, 2.75) is 32.7 Å². The molecule has 94 valence electrons. The Balaban J connectivity index is 1.93. The molecule has 2 rings (SSSR count). The van der Waals surface area contributed by atoms with Crippen LogP contribution in [0.1, 0.15) is 35.9 Å². The van der Waals surface area contributed by atoms with Crippen LogP contribution in [-0.2, 0) is 0 Å². The van der Waals surface area contributed by atoms with E-state index in [9.17, 15) is 4.79 Å². The fourth-order valence-electron chi connectivity index (χ4n) is 2.31. The Labute approximate surface area is 102 Å². The number of furan rings is 1. The highest BCUT2D eigenvalue weighted by Crippen LogP contribution is 2.16. The van der Waals surface area contributed by atoms with E-state index in [-0.39, 0.29) is 5.91 Å². The lowest BCUT2D eigenvalue weighted by Crippen LogP contribution is -2.44. The third kappa shape index (κ3) is 2.69. The van der Waals surface area contributed by atoms with Gasteiger partial charge in [0.15, 0.2) is 5.76 Å². The van der Waals surface area contributed by atoms with Crippen molar-refractivity contribution in [1.29, 1.82) is 0 Å². The molecule has 1 aromatic heterocycles.